The summed E-state index contributed by atoms with van der Waals surface area (Å²) in [4.78, 5) is 28.0. The molecule has 5 rings (SSSR count). The summed E-state index contributed by atoms with van der Waals surface area (Å²) < 4.78 is 93.2. The molecule has 0 spiro atoms. The summed E-state index contributed by atoms with van der Waals surface area (Å²) in [5, 5.41) is 21.4. The molecule has 2 saturated heterocycles. The Balaban J connectivity index is 1.59. The number of nitrogens with zero attached hydrogens (tertiary/aromatic N) is 1. The first-order valence-electron chi connectivity index (χ1n) is 13.4. The summed E-state index contributed by atoms with van der Waals surface area (Å²) in [6, 6.07) is 3.79. The molecule has 4 atom stereocenters. The summed E-state index contributed by atoms with van der Waals surface area (Å²) in [7, 11) is -0.129. The molecule has 43 heavy (non-hydrogen) atoms. The number of rotatable bonds is 5. The highest BCUT2D eigenvalue weighted by Gasteiger charge is 2.58. The highest BCUT2D eigenvalue weighted by atomic mass is 127. The molecule has 3 aliphatic rings. The standard InChI is InChI=1S/C28H25BF6INO6/c1-3-4-12-5-18-22(17-11-20(43-29(41)23(12)17)13-6-19(36)24(38)21(7-13)42-2)26(40)37(25(18)39)16-9-14(27(30,31)32)8-15(10-16)28(33,34)35/h6-10,17-18,20,22,38,41H,3-5,11H2,1-2H3/t17-,18-,20-,22+/m0/s1. The maximum atomic E-state index is 13.9. The molecule has 230 valence electrons. The second kappa shape index (κ2) is 11.3. The van der Waals surface area contributed by atoms with E-state index < -0.39 is 72.0 Å². The third-order valence-corrected chi connectivity index (χ3v) is 9.06. The number of methoxy groups -OCH3 is 1. The van der Waals surface area contributed by atoms with Gasteiger partial charge in [-0.25, -0.2) is 4.90 Å². The number of aromatic hydroxyl groups is 1. The molecule has 0 saturated carbocycles. The number of carbonyl (C=O) groups is 2. The molecule has 0 radical (unpaired) electrons. The number of anilines is 1. The Morgan fingerprint density at radius 1 is 1.02 bits per heavy atom. The van der Waals surface area contributed by atoms with Gasteiger partial charge in [0.2, 0.25) is 11.8 Å². The van der Waals surface area contributed by atoms with Gasteiger partial charge in [0.15, 0.2) is 11.5 Å². The van der Waals surface area contributed by atoms with Crippen LogP contribution in [0, 0.1) is 21.3 Å². The van der Waals surface area contributed by atoms with Crippen molar-refractivity contribution in [3.05, 3.63) is 61.6 Å². The maximum Gasteiger partial charge on any atom is 0.487 e. The Morgan fingerprint density at radius 3 is 2.21 bits per heavy atom. The Labute approximate surface area is 256 Å². The zero-order chi connectivity index (χ0) is 31.6. The van der Waals surface area contributed by atoms with Crippen LogP contribution in [-0.4, -0.2) is 36.2 Å². The van der Waals surface area contributed by atoms with Crippen LogP contribution in [0.3, 0.4) is 0 Å². The first-order chi connectivity index (χ1) is 20.1. The number of ether oxygens (including phenoxy) is 1. The van der Waals surface area contributed by atoms with E-state index in [1.165, 1.54) is 13.2 Å². The zero-order valence-corrected chi connectivity index (χ0v) is 24.9. The zero-order valence-electron chi connectivity index (χ0n) is 22.7. The molecule has 7 nitrogen and oxygen atoms in total. The van der Waals surface area contributed by atoms with Crippen LogP contribution in [0.25, 0.3) is 0 Å². The number of carbonyl (C=O) groups excluding carboxylic acids is 2. The number of amides is 2. The largest absolute Gasteiger partial charge is 0.504 e. The molecular weight excluding hydrogens is 698 g/mol. The molecule has 0 unspecified atom stereocenters. The summed E-state index contributed by atoms with van der Waals surface area (Å²) in [5.74, 6) is -4.80. The van der Waals surface area contributed by atoms with Gasteiger partial charge in [-0.2, -0.15) is 26.3 Å². The van der Waals surface area contributed by atoms with Gasteiger partial charge in [0.1, 0.15) is 0 Å². The van der Waals surface area contributed by atoms with Crippen molar-refractivity contribution in [1.29, 1.82) is 0 Å². The molecule has 2 aromatic carbocycles. The predicted octanol–water partition coefficient (Wildman–Crippen LogP) is 6.45. The minimum absolute atomic E-state index is 0.00647. The number of hydrogen-bond donors (Lipinski definition) is 2. The fraction of sp³-hybridized carbons (Fsp3) is 0.429. The van der Waals surface area contributed by atoms with E-state index in [0.717, 1.165) is 0 Å². The minimum atomic E-state index is -5.17. The number of alkyl halides is 6. The topological polar surface area (TPSA) is 96.3 Å². The fourth-order valence-corrected chi connectivity index (χ4v) is 7.05. The molecule has 2 fully saturated rings. The van der Waals surface area contributed by atoms with Crippen LogP contribution in [-0.2, 0) is 26.6 Å². The molecular formula is C28H25BF6INO6. The van der Waals surface area contributed by atoms with Crippen molar-refractivity contribution in [1.82, 2.24) is 0 Å². The van der Waals surface area contributed by atoms with Crippen molar-refractivity contribution < 1.29 is 55.5 Å². The summed E-state index contributed by atoms with van der Waals surface area (Å²) in [6.07, 6.45) is -10.0. The average Bonchev–Trinajstić information content (AvgIpc) is 3.18. The van der Waals surface area contributed by atoms with Crippen molar-refractivity contribution in [3.63, 3.8) is 0 Å². The number of imide groups is 1. The lowest BCUT2D eigenvalue weighted by Gasteiger charge is -2.42. The van der Waals surface area contributed by atoms with Gasteiger partial charge in [0.25, 0.3) is 0 Å². The van der Waals surface area contributed by atoms with Gasteiger partial charge in [-0.05, 0) is 89.1 Å². The summed E-state index contributed by atoms with van der Waals surface area (Å²) in [5.41, 5.74) is -2.53. The fourth-order valence-electron chi connectivity index (χ4n) is 6.42. The molecule has 0 aromatic heterocycles. The monoisotopic (exact) mass is 723 g/mol. The average molecular weight is 723 g/mol. The highest BCUT2D eigenvalue weighted by molar-refractivity contribution is 14.1. The van der Waals surface area contributed by atoms with Crippen molar-refractivity contribution in [2.24, 2.45) is 17.8 Å². The quantitative estimate of drug-likeness (QED) is 0.160. The second-order valence-corrected chi connectivity index (χ2v) is 12.0. The number of phenolic OH excluding ortho intramolecular Hbond substituents is 1. The first-order valence-corrected chi connectivity index (χ1v) is 14.4. The highest BCUT2D eigenvalue weighted by Crippen LogP contribution is 2.53. The lowest BCUT2D eigenvalue weighted by atomic mass is 9.54. The van der Waals surface area contributed by atoms with E-state index in [1.807, 2.05) is 29.5 Å². The lowest BCUT2D eigenvalue weighted by Crippen LogP contribution is -2.45. The third kappa shape index (κ3) is 5.63. The van der Waals surface area contributed by atoms with Crippen molar-refractivity contribution in [3.8, 4) is 11.5 Å². The van der Waals surface area contributed by atoms with E-state index in [4.69, 9.17) is 9.39 Å². The minimum Gasteiger partial charge on any atom is -0.504 e. The number of hydrogen-bond acceptors (Lipinski definition) is 6. The van der Waals surface area contributed by atoms with Gasteiger partial charge in [0, 0.05) is 0 Å². The van der Waals surface area contributed by atoms with E-state index in [9.17, 15) is 46.1 Å². The first kappa shape index (κ1) is 31.6. The van der Waals surface area contributed by atoms with Crippen LogP contribution < -0.4 is 9.64 Å². The van der Waals surface area contributed by atoms with E-state index in [2.05, 4.69) is 0 Å². The Bertz CT molecular complexity index is 1480. The van der Waals surface area contributed by atoms with Crippen LogP contribution >= 0.6 is 22.6 Å². The molecule has 0 bridgehead atoms. The summed E-state index contributed by atoms with van der Waals surface area (Å²) >= 11 is 1.88. The molecule has 1 aliphatic carbocycles. The molecule has 2 heterocycles. The maximum absolute atomic E-state index is 13.9. The van der Waals surface area contributed by atoms with Crippen LogP contribution in [0.1, 0.15) is 55.4 Å². The van der Waals surface area contributed by atoms with E-state index >= 15 is 0 Å². The van der Waals surface area contributed by atoms with E-state index in [1.54, 1.807) is 6.07 Å². The number of allylic oxidation sites excluding steroid dienone is 2. The van der Waals surface area contributed by atoms with Crippen LogP contribution in [0.2, 0.25) is 0 Å². The molecule has 2 aliphatic heterocycles. The van der Waals surface area contributed by atoms with Crippen LogP contribution in [0.15, 0.2) is 41.4 Å². The molecule has 15 heteroatoms. The Kier molecular flexibility index (Phi) is 8.31. The van der Waals surface area contributed by atoms with E-state index in [-0.39, 0.29) is 30.4 Å². The van der Waals surface area contributed by atoms with E-state index in [0.29, 0.717) is 50.1 Å². The van der Waals surface area contributed by atoms with Gasteiger partial charge < -0.3 is 19.5 Å². The number of benzene rings is 2. The molecule has 2 aromatic rings. The van der Waals surface area contributed by atoms with Gasteiger partial charge in [-0.15, -0.1) is 0 Å². The number of halogens is 7. The number of fused-ring (bicyclic) bond motifs is 3. The van der Waals surface area contributed by atoms with Gasteiger partial charge >= 0.3 is 19.5 Å². The van der Waals surface area contributed by atoms with Gasteiger partial charge in [0.05, 0.1) is 45.4 Å². The molecule has 2 N–H and O–H groups in total. The lowest BCUT2D eigenvalue weighted by molar-refractivity contribution is -0.143. The third-order valence-electron chi connectivity index (χ3n) is 8.24. The smallest absolute Gasteiger partial charge is 0.487 e. The Morgan fingerprint density at radius 2 is 1.65 bits per heavy atom. The van der Waals surface area contributed by atoms with Crippen molar-refractivity contribution in [2.75, 3.05) is 12.0 Å². The predicted molar refractivity (Wildman–Crippen MR) is 150 cm³/mol. The van der Waals surface area contributed by atoms with Crippen LogP contribution in [0.4, 0.5) is 32.0 Å². The summed E-state index contributed by atoms with van der Waals surface area (Å²) in [6.45, 7) is 1.87. The van der Waals surface area contributed by atoms with Crippen LogP contribution in [0.5, 0.6) is 11.5 Å². The SMILES string of the molecule is CCCC1=C2B(O)O[C@H](c3cc(I)c(O)c(OC)c3)C[C@H]2[C@H]2C(=O)N(c3cc(C(F)(F)F)cc(C(F)(F)F)c3)C(=O)[C@H]2C1. The Hall–Kier alpha value is -2.79. The second-order valence-electron chi connectivity index (χ2n) is 10.8. The van der Waals surface area contributed by atoms with Crippen molar-refractivity contribution in [2.45, 2.75) is 51.1 Å². The van der Waals surface area contributed by atoms with Gasteiger partial charge in [-0.1, -0.05) is 18.9 Å². The van der Waals surface area contributed by atoms with Crippen molar-refractivity contribution >= 4 is 47.2 Å². The molecule has 2 amide bonds. The number of phenols is 1. The normalized spacial score (nSPS) is 24.4. The van der Waals surface area contributed by atoms with Gasteiger partial charge in [-0.3, -0.25) is 9.59 Å².